The molecule has 18 heavy (non-hydrogen) atoms. The van der Waals surface area contributed by atoms with E-state index in [2.05, 4.69) is 25.8 Å². The van der Waals surface area contributed by atoms with E-state index in [1.165, 1.54) is 25.7 Å². The van der Waals surface area contributed by atoms with Gasteiger partial charge in [0.1, 0.15) is 0 Å². The van der Waals surface area contributed by atoms with Crippen molar-refractivity contribution in [2.45, 2.75) is 64.0 Å². The third-order valence-electron chi connectivity index (χ3n) is 5.65. The Morgan fingerprint density at radius 2 is 1.78 bits per heavy atom. The molecule has 3 nitrogen and oxygen atoms in total. The number of hydrogen-bond donors (Lipinski definition) is 1. The smallest absolute Gasteiger partial charge is 0.0480 e. The quantitative estimate of drug-likeness (QED) is 0.840. The molecule has 1 aliphatic carbocycles. The number of hydrogen-bond acceptors (Lipinski definition) is 3. The topological polar surface area (TPSA) is 38.5 Å². The van der Waals surface area contributed by atoms with Crippen LogP contribution in [0, 0.1) is 5.41 Å². The second-order valence-corrected chi connectivity index (χ2v) is 6.78. The maximum Gasteiger partial charge on any atom is 0.0480 e. The molecule has 1 heterocycles. The number of ether oxygens (including phenoxy) is 1. The lowest BCUT2D eigenvalue weighted by Gasteiger charge is -2.57. The molecule has 0 aromatic rings. The summed E-state index contributed by atoms with van der Waals surface area (Å²) in [7, 11) is 2.30. The zero-order valence-corrected chi connectivity index (χ0v) is 12.4. The monoisotopic (exact) mass is 254 g/mol. The van der Waals surface area contributed by atoms with Crippen LogP contribution >= 0.6 is 0 Å². The minimum absolute atomic E-state index is 0.188. The van der Waals surface area contributed by atoms with Crippen LogP contribution in [0.2, 0.25) is 0 Å². The predicted octanol–water partition coefficient (Wildman–Crippen LogP) is 2.39. The normalized spacial score (nSPS) is 33.8. The van der Waals surface area contributed by atoms with Crippen molar-refractivity contribution in [3.05, 3.63) is 0 Å². The maximum absolute atomic E-state index is 6.25. The standard InChI is InChI=1S/C15H30N2O/c1-14(2)8-4-5-9-15(14,12-16)17(3)13-6-10-18-11-7-13/h13H,4-12,16H2,1-3H3. The number of likely N-dealkylation sites (N-methyl/N-ethyl adjacent to an activating group) is 1. The van der Waals surface area contributed by atoms with E-state index >= 15 is 0 Å². The van der Waals surface area contributed by atoms with Crippen LogP contribution in [0.15, 0.2) is 0 Å². The van der Waals surface area contributed by atoms with Crippen molar-refractivity contribution < 1.29 is 4.74 Å². The van der Waals surface area contributed by atoms with Crippen molar-refractivity contribution in [3.8, 4) is 0 Å². The van der Waals surface area contributed by atoms with Gasteiger partial charge in [-0.15, -0.1) is 0 Å². The van der Waals surface area contributed by atoms with E-state index < -0.39 is 0 Å². The van der Waals surface area contributed by atoms with Crippen molar-refractivity contribution >= 4 is 0 Å². The van der Waals surface area contributed by atoms with Crippen molar-refractivity contribution in [1.82, 2.24) is 4.90 Å². The van der Waals surface area contributed by atoms with E-state index in [0.717, 1.165) is 32.6 Å². The minimum Gasteiger partial charge on any atom is -0.381 e. The number of nitrogens with two attached hydrogens (primary N) is 1. The molecule has 1 unspecified atom stereocenters. The van der Waals surface area contributed by atoms with E-state index in [4.69, 9.17) is 10.5 Å². The summed E-state index contributed by atoms with van der Waals surface area (Å²) < 4.78 is 5.50. The molecule has 2 N–H and O–H groups in total. The minimum atomic E-state index is 0.188. The summed E-state index contributed by atoms with van der Waals surface area (Å²) in [6.07, 6.45) is 7.56. The van der Waals surface area contributed by atoms with Gasteiger partial charge >= 0.3 is 0 Å². The van der Waals surface area contributed by atoms with E-state index in [9.17, 15) is 0 Å². The fourth-order valence-electron chi connectivity index (χ4n) is 4.15. The first-order valence-corrected chi connectivity index (χ1v) is 7.54. The average Bonchev–Trinajstić information content (AvgIpc) is 2.39. The van der Waals surface area contributed by atoms with Gasteiger partial charge in [-0.25, -0.2) is 0 Å². The highest BCUT2D eigenvalue weighted by molar-refractivity contribution is 5.05. The molecule has 0 amide bonds. The molecule has 2 fully saturated rings. The molecule has 0 radical (unpaired) electrons. The van der Waals surface area contributed by atoms with Gasteiger partial charge < -0.3 is 10.5 Å². The lowest BCUT2D eigenvalue weighted by Crippen LogP contribution is -2.65. The molecule has 1 aliphatic heterocycles. The highest BCUT2D eigenvalue weighted by Gasteiger charge is 2.49. The summed E-state index contributed by atoms with van der Waals surface area (Å²) in [6, 6.07) is 0.652. The molecule has 0 aromatic carbocycles. The van der Waals surface area contributed by atoms with Crippen molar-refractivity contribution in [3.63, 3.8) is 0 Å². The van der Waals surface area contributed by atoms with Crippen LogP contribution in [-0.4, -0.2) is 43.3 Å². The Kier molecular flexibility index (Phi) is 4.35. The molecule has 0 bridgehead atoms. The Hall–Kier alpha value is -0.120. The van der Waals surface area contributed by atoms with Gasteiger partial charge in [-0.2, -0.15) is 0 Å². The second kappa shape index (κ2) is 5.48. The lowest BCUT2D eigenvalue weighted by atomic mass is 9.62. The first kappa shape index (κ1) is 14.3. The summed E-state index contributed by atoms with van der Waals surface area (Å²) in [6.45, 7) is 7.43. The predicted molar refractivity (Wildman–Crippen MR) is 75.6 cm³/mol. The Morgan fingerprint density at radius 1 is 1.17 bits per heavy atom. The lowest BCUT2D eigenvalue weighted by molar-refractivity contribution is -0.0754. The highest BCUT2D eigenvalue weighted by Crippen LogP contribution is 2.47. The zero-order chi connectivity index (χ0) is 13.2. The van der Waals surface area contributed by atoms with E-state index in [1.54, 1.807) is 0 Å². The van der Waals surface area contributed by atoms with Crippen LogP contribution < -0.4 is 5.73 Å². The molecule has 2 aliphatic rings. The Bertz CT molecular complexity index is 274. The van der Waals surface area contributed by atoms with E-state index in [1.807, 2.05) is 0 Å². The third-order valence-corrected chi connectivity index (χ3v) is 5.65. The van der Waals surface area contributed by atoms with Crippen molar-refractivity contribution in [2.24, 2.45) is 11.1 Å². The fraction of sp³-hybridized carbons (Fsp3) is 1.00. The van der Waals surface area contributed by atoms with Crippen LogP contribution in [0.5, 0.6) is 0 Å². The summed E-state index contributed by atoms with van der Waals surface area (Å²) in [5.41, 5.74) is 6.76. The van der Waals surface area contributed by atoms with Crippen LogP contribution in [0.1, 0.15) is 52.4 Å². The third kappa shape index (κ3) is 2.33. The van der Waals surface area contributed by atoms with Gasteiger partial charge in [0.15, 0.2) is 0 Å². The van der Waals surface area contributed by atoms with E-state index in [0.29, 0.717) is 11.5 Å². The molecule has 106 valence electrons. The number of nitrogens with zero attached hydrogens (tertiary/aromatic N) is 1. The van der Waals surface area contributed by atoms with Crippen LogP contribution in [0.4, 0.5) is 0 Å². The largest absolute Gasteiger partial charge is 0.381 e. The summed E-state index contributed by atoms with van der Waals surface area (Å²) >= 11 is 0. The van der Waals surface area contributed by atoms with Gasteiger partial charge in [0.25, 0.3) is 0 Å². The first-order chi connectivity index (χ1) is 8.53. The fourth-order valence-corrected chi connectivity index (χ4v) is 4.15. The summed E-state index contributed by atoms with van der Waals surface area (Å²) in [5, 5.41) is 0. The highest BCUT2D eigenvalue weighted by atomic mass is 16.5. The summed E-state index contributed by atoms with van der Waals surface area (Å²) in [5.74, 6) is 0. The molecular weight excluding hydrogens is 224 g/mol. The molecule has 2 rings (SSSR count). The molecule has 1 atom stereocenters. The SMILES string of the molecule is CN(C1CCOCC1)C1(CN)CCCCC1(C)C. The number of rotatable bonds is 3. The molecule has 0 aromatic heterocycles. The Labute approximate surface area is 112 Å². The zero-order valence-electron chi connectivity index (χ0n) is 12.4. The average molecular weight is 254 g/mol. The molecule has 0 spiro atoms. The maximum atomic E-state index is 6.25. The van der Waals surface area contributed by atoms with Gasteiger partial charge in [-0.3, -0.25) is 4.90 Å². The summed E-state index contributed by atoms with van der Waals surface area (Å²) in [4.78, 5) is 2.62. The van der Waals surface area contributed by atoms with E-state index in [-0.39, 0.29) is 5.54 Å². The Balaban J connectivity index is 2.18. The van der Waals surface area contributed by atoms with Crippen LogP contribution in [0.3, 0.4) is 0 Å². The van der Waals surface area contributed by atoms with Gasteiger partial charge in [0.2, 0.25) is 0 Å². The molecular formula is C15H30N2O. The van der Waals surface area contributed by atoms with Gasteiger partial charge in [-0.1, -0.05) is 26.7 Å². The van der Waals surface area contributed by atoms with Gasteiger partial charge in [0.05, 0.1) is 0 Å². The molecule has 1 saturated carbocycles. The van der Waals surface area contributed by atoms with Crippen LogP contribution in [0.25, 0.3) is 0 Å². The molecule has 1 saturated heterocycles. The van der Waals surface area contributed by atoms with Crippen LogP contribution in [-0.2, 0) is 4.74 Å². The van der Waals surface area contributed by atoms with Gasteiger partial charge in [-0.05, 0) is 38.1 Å². The van der Waals surface area contributed by atoms with Crippen molar-refractivity contribution in [2.75, 3.05) is 26.8 Å². The molecule has 3 heteroatoms. The Morgan fingerprint density at radius 3 is 2.33 bits per heavy atom. The second-order valence-electron chi connectivity index (χ2n) is 6.78. The first-order valence-electron chi connectivity index (χ1n) is 7.54. The van der Waals surface area contributed by atoms with Gasteiger partial charge in [0, 0.05) is 31.3 Å². The van der Waals surface area contributed by atoms with Crippen molar-refractivity contribution in [1.29, 1.82) is 0 Å².